The van der Waals surface area contributed by atoms with Crippen molar-refractivity contribution in [1.29, 1.82) is 0 Å². The first-order chi connectivity index (χ1) is 30.7. The monoisotopic (exact) mass is 871 g/mol. The largest absolute Gasteiger partial charge is 0.397 e. The van der Waals surface area contributed by atoms with E-state index in [1.54, 1.807) is 42.5 Å². The molecule has 0 bridgehead atoms. The summed E-state index contributed by atoms with van der Waals surface area (Å²) in [5, 5.41) is 21.3. The molecule has 19 nitrogen and oxygen atoms in total. The van der Waals surface area contributed by atoms with Crippen molar-refractivity contribution in [3.63, 3.8) is 0 Å². The molecule has 6 aromatic carbocycles. The van der Waals surface area contributed by atoms with Gasteiger partial charge in [0, 0.05) is 12.1 Å². The Morgan fingerprint density at radius 3 is 1.20 bits per heavy atom. The highest BCUT2D eigenvalue weighted by molar-refractivity contribution is 5.87. The molecule has 0 unspecified atom stereocenters. The van der Waals surface area contributed by atoms with Gasteiger partial charge in [0.25, 0.3) is 11.4 Å². The standard InChI is InChI=1S/C15H10FN5O2.C15H12FN5.C6H7FN2.C6H7N3O2/c16-8-3-1-4-9-14(8)19-12(17-9)7-13-18-10-5-2-6-11(21(22)23)15(10)20-13;16-8-3-1-5-10-14(8)20-12(18-10)7-13-19-11-6-2-4-9(17)15(11)21-13;7-4-2-1-3-5(8)6(4)9;7-4-2-1-3-5(6(4)8)9(10)11/h1-6H,7H2,(H,17,19)(H,18,20);1-6H,7,17H2,(H,18,20)(H,19,21);1-3H,8-9H2;1-3H,7-8H2. The number of para-hydroxylation sites is 6. The molecule has 0 saturated heterocycles. The fraction of sp³-hybridized carbons (Fsp3) is 0.0476. The highest BCUT2D eigenvalue weighted by Gasteiger charge is 2.17. The van der Waals surface area contributed by atoms with E-state index < -0.39 is 21.5 Å². The zero-order valence-corrected chi connectivity index (χ0v) is 33.1. The smallest absolute Gasteiger partial charge is 0.297 e. The number of nitrogen functional groups attached to an aromatic ring is 5. The topological polar surface area (TPSA) is 331 Å². The van der Waals surface area contributed by atoms with Crippen LogP contribution in [0.3, 0.4) is 0 Å². The van der Waals surface area contributed by atoms with Crippen LogP contribution in [-0.2, 0) is 12.8 Å². The van der Waals surface area contributed by atoms with Crippen LogP contribution in [-0.4, -0.2) is 49.7 Å². The number of nitrogens with two attached hydrogens (primary N) is 5. The molecular weight excluding hydrogens is 836 g/mol. The third-order valence-electron chi connectivity index (χ3n) is 9.43. The van der Waals surface area contributed by atoms with Crippen molar-refractivity contribution in [3.05, 3.63) is 170 Å². The molecule has 0 aliphatic heterocycles. The van der Waals surface area contributed by atoms with E-state index in [1.165, 1.54) is 48.5 Å². The van der Waals surface area contributed by atoms with Crippen LogP contribution in [0.2, 0.25) is 0 Å². The lowest BCUT2D eigenvalue weighted by Gasteiger charge is -1.98. The van der Waals surface area contributed by atoms with Gasteiger partial charge in [0.05, 0.1) is 67.5 Å². The molecule has 64 heavy (non-hydrogen) atoms. The van der Waals surface area contributed by atoms with Crippen molar-refractivity contribution in [2.45, 2.75) is 12.8 Å². The summed E-state index contributed by atoms with van der Waals surface area (Å²) in [7, 11) is 0. The minimum atomic E-state index is -0.564. The molecule has 0 fully saturated rings. The van der Waals surface area contributed by atoms with Gasteiger partial charge in [0.1, 0.15) is 51.4 Å². The zero-order valence-electron chi connectivity index (χ0n) is 33.1. The third kappa shape index (κ3) is 9.39. The molecule has 324 valence electrons. The first kappa shape index (κ1) is 42.9. The van der Waals surface area contributed by atoms with E-state index in [4.69, 9.17) is 28.7 Å². The Labute approximate surface area is 357 Å². The fourth-order valence-electron chi connectivity index (χ4n) is 6.35. The Kier molecular flexibility index (Phi) is 12.2. The lowest BCUT2D eigenvalue weighted by molar-refractivity contribution is -0.383. The van der Waals surface area contributed by atoms with E-state index in [0.717, 1.165) is 16.9 Å². The van der Waals surface area contributed by atoms with Crippen molar-refractivity contribution < 1.29 is 23.0 Å². The Bertz CT molecular complexity index is 3230. The third-order valence-corrected chi connectivity index (χ3v) is 9.43. The number of hydrogen-bond acceptors (Lipinski definition) is 13. The molecule has 14 N–H and O–H groups in total. The number of halogens is 3. The van der Waals surface area contributed by atoms with Gasteiger partial charge in [0.15, 0.2) is 17.2 Å². The molecule has 10 aromatic rings. The van der Waals surface area contributed by atoms with Gasteiger partial charge in [0.2, 0.25) is 0 Å². The van der Waals surface area contributed by atoms with Gasteiger partial charge in [-0.2, -0.15) is 0 Å². The van der Waals surface area contributed by atoms with E-state index in [0.29, 0.717) is 63.6 Å². The van der Waals surface area contributed by atoms with E-state index in [9.17, 15) is 33.4 Å². The minimum absolute atomic E-state index is 0.0255. The number of nitro benzene ring substituents is 2. The molecule has 0 aliphatic carbocycles. The van der Waals surface area contributed by atoms with Crippen molar-refractivity contribution in [1.82, 2.24) is 39.9 Å². The van der Waals surface area contributed by atoms with E-state index in [-0.39, 0.29) is 45.5 Å². The maximum absolute atomic E-state index is 13.7. The van der Waals surface area contributed by atoms with Crippen LogP contribution >= 0.6 is 0 Å². The molecule has 4 aromatic heterocycles. The number of imidazole rings is 4. The number of anilines is 5. The zero-order chi connectivity index (χ0) is 45.7. The molecule has 0 atom stereocenters. The van der Waals surface area contributed by atoms with Gasteiger partial charge in [-0.3, -0.25) is 20.2 Å². The van der Waals surface area contributed by atoms with Crippen molar-refractivity contribution in [3.8, 4) is 0 Å². The molecule has 10 rings (SSSR count). The summed E-state index contributed by atoms with van der Waals surface area (Å²) >= 11 is 0. The molecule has 22 heteroatoms. The highest BCUT2D eigenvalue weighted by atomic mass is 19.1. The molecule has 0 amide bonds. The second-order valence-corrected chi connectivity index (χ2v) is 13.8. The minimum Gasteiger partial charge on any atom is -0.397 e. The summed E-state index contributed by atoms with van der Waals surface area (Å²) in [5.74, 6) is 1.26. The number of fused-ring (bicyclic) bond motifs is 4. The molecule has 0 spiro atoms. The highest BCUT2D eigenvalue weighted by Crippen LogP contribution is 2.27. The van der Waals surface area contributed by atoms with Gasteiger partial charge >= 0.3 is 0 Å². The Morgan fingerprint density at radius 1 is 0.422 bits per heavy atom. The number of nitrogens with one attached hydrogen (secondary N) is 4. The molecule has 0 aliphatic rings. The van der Waals surface area contributed by atoms with Crippen molar-refractivity contribution >= 4 is 83.9 Å². The second kappa shape index (κ2) is 18.2. The van der Waals surface area contributed by atoms with Gasteiger partial charge in [-0.15, -0.1) is 0 Å². The number of non-ortho nitro benzene ring substituents is 1. The number of H-pyrrole nitrogens is 4. The molecule has 0 radical (unpaired) electrons. The van der Waals surface area contributed by atoms with E-state index in [2.05, 4.69) is 39.9 Å². The average molecular weight is 872 g/mol. The van der Waals surface area contributed by atoms with Crippen LogP contribution in [0.15, 0.2) is 109 Å². The lowest BCUT2D eigenvalue weighted by atomic mass is 10.2. The number of benzene rings is 6. The lowest BCUT2D eigenvalue weighted by Crippen LogP contribution is -1.99. The first-order valence-electron chi connectivity index (χ1n) is 18.9. The van der Waals surface area contributed by atoms with Crippen LogP contribution < -0.4 is 28.7 Å². The van der Waals surface area contributed by atoms with Crippen molar-refractivity contribution in [2.75, 3.05) is 28.7 Å². The number of hydrogen-bond donors (Lipinski definition) is 9. The van der Waals surface area contributed by atoms with E-state index in [1.807, 2.05) is 18.2 Å². The van der Waals surface area contributed by atoms with Crippen LogP contribution in [0.25, 0.3) is 44.1 Å². The number of aromatic amines is 4. The molecule has 4 heterocycles. The second-order valence-electron chi connectivity index (χ2n) is 13.8. The summed E-state index contributed by atoms with van der Waals surface area (Å²) in [6.07, 6.45) is 0.752. The Hall–Kier alpha value is -9.21. The molecule has 0 saturated carbocycles. The van der Waals surface area contributed by atoms with Gasteiger partial charge in [-0.25, -0.2) is 33.1 Å². The predicted octanol–water partition coefficient (Wildman–Crippen LogP) is 7.58. The number of rotatable bonds is 6. The van der Waals surface area contributed by atoms with Crippen LogP contribution in [0.1, 0.15) is 23.3 Å². The van der Waals surface area contributed by atoms with Crippen LogP contribution in [0, 0.1) is 37.7 Å². The summed E-state index contributed by atoms with van der Waals surface area (Å²) in [4.78, 5) is 49.8. The van der Waals surface area contributed by atoms with Crippen LogP contribution in [0.4, 0.5) is 53.0 Å². The van der Waals surface area contributed by atoms with Gasteiger partial charge in [-0.1, -0.05) is 36.4 Å². The maximum Gasteiger partial charge on any atom is 0.297 e. The quantitative estimate of drug-likeness (QED) is 0.0442. The first-order valence-corrected chi connectivity index (χ1v) is 18.9. The Morgan fingerprint density at radius 2 is 0.766 bits per heavy atom. The van der Waals surface area contributed by atoms with Gasteiger partial charge < -0.3 is 48.6 Å². The van der Waals surface area contributed by atoms with E-state index >= 15 is 0 Å². The summed E-state index contributed by atoms with van der Waals surface area (Å²) in [5.41, 5.74) is 32.4. The predicted molar refractivity (Wildman–Crippen MR) is 238 cm³/mol. The fourth-order valence-corrected chi connectivity index (χ4v) is 6.35. The van der Waals surface area contributed by atoms with Crippen LogP contribution in [0.5, 0.6) is 0 Å². The molecular formula is C42H36F3N15O4. The summed E-state index contributed by atoms with van der Waals surface area (Å²) < 4.78 is 39.7. The Balaban J connectivity index is 0.000000137. The number of aromatic nitrogens is 8. The number of nitrogens with zero attached hydrogens (tertiary/aromatic N) is 6. The normalized spacial score (nSPS) is 10.8. The number of nitro groups is 2. The summed E-state index contributed by atoms with van der Waals surface area (Å²) in [6.45, 7) is 0. The van der Waals surface area contributed by atoms with Crippen molar-refractivity contribution in [2.24, 2.45) is 0 Å². The maximum atomic E-state index is 13.7. The van der Waals surface area contributed by atoms with Gasteiger partial charge in [-0.05, 0) is 60.7 Å². The summed E-state index contributed by atoms with van der Waals surface area (Å²) in [6, 6.07) is 28.5. The average Bonchev–Trinajstić information content (AvgIpc) is 4.07. The SMILES string of the molecule is Nc1cccc(F)c1N.Nc1cccc([N+](=O)[O-])c1N.Nc1cccc2[nH]c(Cc3nc4c(F)cccc4[nH]3)nc12.O=[N+]([O-])c1cccc2[nH]c(Cc3nc4c(F)cccc4[nH]3)nc12.